The van der Waals surface area contributed by atoms with E-state index in [1.165, 1.54) is 5.57 Å². The largest absolute Gasteiger partial charge is 0.288 e. The molecule has 0 radical (unpaired) electrons. The molecule has 3 heteroatoms. The summed E-state index contributed by atoms with van der Waals surface area (Å²) < 4.78 is 0. The van der Waals surface area contributed by atoms with Gasteiger partial charge in [0.2, 0.25) is 11.6 Å². The Balaban J connectivity index is 2.24. The first-order chi connectivity index (χ1) is 8.95. The fourth-order valence-corrected chi connectivity index (χ4v) is 3.70. The van der Waals surface area contributed by atoms with Crippen LogP contribution < -0.4 is 0 Å². The average molecular weight is 275 g/mol. The lowest BCUT2D eigenvalue weighted by Gasteiger charge is -2.42. The summed E-state index contributed by atoms with van der Waals surface area (Å²) in [6.07, 6.45) is 1.23. The highest BCUT2D eigenvalue weighted by atomic mass is 35.5. The number of alkyl halides is 1. The molecule has 0 spiro atoms. The quantitative estimate of drug-likeness (QED) is 0.411. The van der Waals surface area contributed by atoms with Crippen molar-refractivity contribution in [2.75, 3.05) is 0 Å². The molecule has 19 heavy (non-hydrogen) atoms. The molecule has 0 amide bonds. The summed E-state index contributed by atoms with van der Waals surface area (Å²) in [7, 11) is 0. The molecule has 1 aromatic rings. The van der Waals surface area contributed by atoms with E-state index in [0.717, 1.165) is 17.6 Å². The van der Waals surface area contributed by atoms with Gasteiger partial charge in [0.15, 0.2) is 0 Å². The van der Waals surface area contributed by atoms with Crippen LogP contribution in [0.3, 0.4) is 0 Å². The van der Waals surface area contributed by atoms with E-state index in [1.54, 1.807) is 12.1 Å². The third kappa shape index (κ3) is 1.63. The highest BCUT2D eigenvalue weighted by Crippen LogP contribution is 2.51. The molecule has 0 N–H and O–H groups in total. The van der Waals surface area contributed by atoms with Crippen molar-refractivity contribution < 1.29 is 9.59 Å². The second-order valence-corrected chi connectivity index (χ2v) is 6.28. The van der Waals surface area contributed by atoms with Gasteiger partial charge in [-0.25, -0.2) is 0 Å². The van der Waals surface area contributed by atoms with Crippen LogP contribution in [0, 0.1) is 0 Å². The zero-order valence-electron chi connectivity index (χ0n) is 11.0. The zero-order valence-corrected chi connectivity index (χ0v) is 11.8. The third-order valence-corrected chi connectivity index (χ3v) is 5.05. The molecule has 2 aliphatic carbocycles. The standard InChI is InChI=1S/C16H15ClO2/c1-9-7-13-11-5-3-4-6-12(11)14(18)15(19)16(13,17)8-10(9)2/h3-6,13H,7-8H2,1-2H3. The fraction of sp³-hybridized carbons (Fsp3) is 0.375. The first-order valence-corrected chi connectivity index (χ1v) is 6.85. The van der Waals surface area contributed by atoms with Crippen LogP contribution in [-0.2, 0) is 4.79 Å². The van der Waals surface area contributed by atoms with E-state index < -0.39 is 16.4 Å². The highest BCUT2D eigenvalue weighted by Gasteiger charge is 2.53. The normalized spacial score (nSPS) is 30.2. The van der Waals surface area contributed by atoms with Crippen molar-refractivity contribution in [2.24, 2.45) is 0 Å². The van der Waals surface area contributed by atoms with Crippen molar-refractivity contribution in [1.82, 2.24) is 0 Å². The van der Waals surface area contributed by atoms with E-state index in [0.29, 0.717) is 12.0 Å². The summed E-state index contributed by atoms with van der Waals surface area (Å²) >= 11 is 6.61. The second kappa shape index (κ2) is 4.04. The summed E-state index contributed by atoms with van der Waals surface area (Å²) in [6, 6.07) is 7.35. The molecule has 2 atom stereocenters. The Morgan fingerprint density at radius 1 is 1.16 bits per heavy atom. The molecule has 0 aromatic heterocycles. The Labute approximate surface area is 117 Å². The Morgan fingerprint density at radius 3 is 2.58 bits per heavy atom. The van der Waals surface area contributed by atoms with Crippen LogP contribution in [0.4, 0.5) is 0 Å². The van der Waals surface area contributed by atoms with Gasteiger partial charge in [0.05, 0.1) is 0 Å². The van der Waals surface area contributed by atoms with Crippen LogP contribution in [0.1, 0.15) is 48.5 Å². The van der Waals surface area contributed by atoms with Gasteiger partial charge in [-0.15, -0.1) is 11.6 Å². The molecule has 2 aliphatic rings. The molecule has 0 aliphatic heterocycles. The van der Waals surface area contributed by atoms with Crippen LogP contribution in [0.15, 0.2) is 35.4 Å². The van der Waals surface area contributed by atoms with Gasteiger partial charge in [-0.1, -0.05) is 35.4 Å². The van der Waals surface area contributed by atoms with Crippen molar-refractivity contribution in [3.8, 4) is 0 Å². The number of rotatable bonds is 0. The number of carbonyl (C=O) groups is 2. The van der Waals surface area contributed by atoms with Gasteiger partial charge in [-0.3, -0.25) is 9.59 Å². The minimum Gasteiger partial charge on any atom is -0.288 e. The van der Waals surface area contributed by atoms with Gasteiger partial charge in [0.25, 0.3) is 0 Å². The Hall–Kier alpha value is -1.41. The number of carbonyl (C=O) groups excluding carboxylic acids is 2. The monoisotopic (exact) mass is 274 g/mol. The minimum absolute atomic E-state index is 0.0840. The Bertz CT molecular complexity index is 629. The molecule has 98 valence electrons. The highest BCUT2D eigenvalue weighted by molar-refractivity contribution is 6.57. The number of hydrogen-bond donors (Lipinski definition) is 0. The van der Waals surface area contributed by atoms with Gasteiger partial charge in [0.1, 0.15) is 4.87 Å². The lowest BCUT2D eigenvalue weighted by atomic mass is 9.65. The van der Waals surface area contributed by atoms with Gasteiger partial charge in [0, 0.05) is 11.5 Å². The van der Waals surface area contributed by atoms with Gasteiger partial charge < -0.3 is 0 Å². The first-order valence-electron chi connectivity index (χ1n) is 6.47. The molecule has 2 nitrogen and oxygen atoms in total. The number of benzene rings is 1. The summed E-state index contributed by atoms with van der Waals surface area (Å²) in [6.45, 7) is 4.07. The zero-order chi connectivity index (χ0) is 13.8. The molecule has 0 bridgehead atoms. The molecule has 0 saturated heterocycles. The van der Waals surface area contributed by atoms with Crippen LogP contribution in [-0.4, -0.2) is 16.4 Å². The predicted octanol–water partition coefficient (Wildman–Crippen LogP) is 3.64. The van der Waals surface area contributed by atoms with E-state index in [2.05, 4.69) is 6.92 Å². The molecule has 3 rings (SSSR count). The summed E-state index contributed by atoms with van der Waals surface area (Å²) in [5.74, 6) is -0.960. The van der Waals surface area contributed by atoms with Crippen molar-refractivity contribution in [3.05, 3.63) is 46.5 Å². The smallest absolute Gasteiger partial charge is 0.230 e. The molecular formula is C16H15ClO2. The maximum Gasteiger partial charge on any atom is 0.230 e. The predicted molar refractivity (Wildman–Crippen MR) is 74.7 cm³/mol. The average Bonchev–Trinajstić information content (AvgIpc) is 2.40. The van der Waals surface area contributed by atoms with Gasteiger partial charge in [-0.05, 0) is 32.3 Å². The summed E-state index contributed by atoms with van der Waals surface area (Å²) in [5, 5.41) is 0. The number of hydrogen-bond acceptors (Lipinski definition) is 2. The van der Waals surface area contributed by atoms with Gasteiger partial charge in [-0.2, -0.15) is 0 Å². The van der Waals surface area contributed by atoms with E-state index >= 15 is 0 Å². The number of allylic oxidation sites excluding steroid dienone is 2. The lowest BCUT2D eigenvalue weighted by molar-refractivity contribution is -0.118. The van der Waals surface area contributed by atoms with Crippen LogP contribution in [0.5, 0.6) is 0 Å². The van der Waals surface area contributed by atoms with Crippen LogP contribution >= 0.6 is 11.6 Å². The molecule has 1 aromatic carbocycles. The lowest BCUT2D eigenvalue weighted by Crippen LogP contribution is -2.49. The maximum atomic E-state index is 12.4. The molecular weight excluding hydrogens is 260 g/mol. The van der Waals surface area contributed by atoms with E-state index in [4.69, 9.17) is 11.6 Å². The van der Waals surface area contributed by atoms with E-state index in [9.17, 15) is 9.59 Å². The number of halogens is 1. The Morgan fingerprint density at radius 2 is 1.84 bits per heavy atom. The maximum absolute atomic E-state index is 12.4. The van der Waals surface area contributed by atoms with Crippen molar-refractivity contribution in [1.29, 1.82) is 0 Å². The van der Waals surface area contributed by atoms with Crippen molar-refractivity contribution in [2.45, 2.75) is 37.5 Å². The fourth-order valence-electron chi connectivity index (χ4n) is 3.22. The third-order valence-electron chi connectivity index (χ3n) is 4.48. The Kier molecular flexibility index (Phi) is 2.68. The summed E-state index contributed by atoms with van der Waals surface area (Å²) in [5.41, 5.74) is 3.86. The molecule has 2 unspecified atom stereocenters. The summed E-state index contributed by atoms with van der Waals surface area (Å²) in [4.78, 5) is 23.5. The minimum atomic E-state index is -1.07. The topological polar surface area (TPSA) is 34.1 Å². The van der Waals surface area contributed by atoms with E-state index in [-0.39, 0.29) is 5.92 Å². The van der Waals surface area contributed by atoms with Gasteiger partial charge >= 0.3 is 0 Å². The molecule has 0 fully saturated rings. The molecule has 0 saturated carbocycles. The second-order valence-electron chi connectivity index (χ2n) is 5.60. The number of Topliss-reactive ketones (excluding diaryl/α,β-unsaturated/α-hetero) is 2. The van der Waals surface area contributed by atoms with Crippen LogP contribution in [0.25, 0.3) is 0 Å². The number of fused-ring (bicyclic) bond motifs is 3. The van der Waals surface area contributed by atoms with Crippen LogP contribution in [0.2, 0.25) is 0 Å². The first kappa shape index (κ1) is 12.6. The SMILES string of the molecule is CC1=C(C)CC2(Cl)C(=O)C(=O)c3ccccc3C2C1. The van der Waals surface area contributed by atoms with Crippen molar-refractivity contribution >= 4 is 23.2 Å². The van der Waals surface area contributed by atoms with Crippen molar-refractivity contribution in [3.63, 3.8) is 0 Å². The van der Waals surface area contributed by atoms with E-state index in [1.807, 2.05) is 19.1 Å². The molecule has 0 heterocycles. The number of ketones is 2.